The third kappa shape index (κ3) is 5.95. The number of hydrogen-bond donors (Lipinski definition) is 2. The second-order valence-corrected chi connectivity index (χ2v) is 12.3. The van der Waals surface area contributed by atoms with Gasteiger partial charge in [0.05, 0.1) is 13.3 Å². The van der Waals surface area contributed by atoms with E-state index >= 15 is 0 Å². The molecule has 220 valence electrons. The first kappa shape index (κ1) is 29.0. The summed E-state index contributed by atoms with van der Waals surface area (Å²) in [6.45, 7) is 0.216. The molecule has 2 aliphatic rings. The van der Waals surface area contributed by atoms with Crippen LogP contribution in [0.4, 0.5) is 16.0 Å². The van der Waals surface area contributed by atoms with Crippen LogP contribution in [0.25, 0.3) is 10.8 Å². The van der Waals surface area contributed by atoms with Gasteiger partial charge in [-0.3, -0.25) is 9.35 Å². The molecular formula is C27H34N6O6S2. The first-order valence-electron chi connectivity index (χ1n) is 13.4. The highest BCUT2D eigenvalue weighted by Gasteiger charge is 2.45. The Kier molecular flexibility index (Phi) is 8.61. The molecular weight excluding hydrogens is 568 g/mol. The Labute approximate surface area is 244 Å². The fourth-order valence-corrected chi connectivity index (χ4v) is 7.23. The third-order valence-electron chi connectivity index (χ3n) is 7.59. The topological polar surface area (TPSA) is 151 Å². The Balaban J connectivity index is 1.47. The summed E-state index contributed by atoms with van der Waals surface area (Å²) in [4.78, 5) is 39.3. The number of nitrogens with two attached hydrogens (primary N) is 1. The molecule has 1 aromatic carbocycles. The maximum absolute atomic E-state index is 13.9. The zero-order valence-electron chi connectivity index (χ0n) is 23.2. The van der Waals surface area contributed by atoms with E-state index in [1.807, 2.05) is 26.2 Å². The number of nitrogen functional groups attached to an aromatic ring is 1. The number of aromatic nitrogens is 2. The van der Waals surface area contributed by atoms with Crippen molar-refractivity contribution in [1.82, 2.24) is 14.9 Å². The summed E-state index contributed by atoms with van der Waals surface area (Å²) in [5.74, 6) is -0.0434. The molecule has 5 rings (SSSR count). The van der Waals surface area contributed by atoms with Crippen LogP contribution in [-0.2, 0) is 32.0 Å². The predicted molar refractivity (Wildman–Crippen MR) is 158 cm³/mol. The van der Waals surface area contributed by atoms with E-state index < -0.39 is 35.2 Å². The number of pyridine rings is 1. The molecule has 14 heteroatoms. The molecule has 1 saturated heterocycles. The Hall–Kier alpha value is -3.49. The van der Waals surface area contributed by atoms with E-state index in [-0.39, 0.29) is 25.5 Å². The number of rotatable bonds is 10. The van der Waals surface area contributed by atoms with E-state index in [0.29, 0.717) is 27.3 Å². The number of fused-ring (bicyclic) bond motifs is 1. The van der Waals surface area contributed by atoms with Crippen molar-refractivity contribution in [3.8, 4) is 5.75 Å². The van der Waals surface area contributed by atoms with Crippen molar-refractivity contribution in [3.63, 3.8) is 0 Å². The van der Waals surface area contributed by atoms with Gasteiger partial charge in [0.1, 0.15) is 34.8 Å². The van der Waals surface area contributed by atoms with Crippen molar-refractivity contribution in [3.05, 3.63) is 36.2 Å². The molecule has 1 amide bonds. The zero-order chi connectivity index (χ0) is 29.3. The molecule has 2 fully saturated rings. The Morgan fingerprint density at radius 2 is 2.02 bits per heavy atom. The van der Waals surface area contributed by atoms with Crippen LogP contribution in [0, 0.1) is 0 Å². The number of carbonyl (C=O) groups is 2. The SMILES string of the molecule is COc1cc2c(N)nccc2cc1C[C@H](C(=O)OC1CCCC1)N1CC[C@H](N(c2cnc(N(C)C)s2)S(=O)O)C1=O. The monoisotopic (exact) mass is 602 g/mol. The summed E-state index contributed by atoms with van der Waals surface area (Å²) >= 11 is -1.28. The maximum Gasteiger partial charge on any atom is 0.329 e. The lowest BCUT2D eigenvalue weighted by molar-refractivity contribution is -0.158. The molecule has 1 unspecified atom stereocenters. The van der Waals surface area contributed by atoms with Crippen molar-refractivity contribution in [1.29, 1.82) is 0 Å². The molecule has 1 aliphatic heterocycles. The molecule has 3 heterocycles. The molecule has 2 aromatic heterocycles. The van der Waals surface area contributed by atoms with Gasteiger partial charge in [0, 0.05) is 38.6 Å². The second-order valence-electron chi connectivity index (χ2n) is 10.4. The predicted octanol–water partition coefficient (Wildman–Crippen LogP) is 2.99. The van der Waals surface area contributed by atoms with Gasteiger partial charge in [-0.25, -0.2) is 23.3 Å². The lowest BCUT2D eigenvalue weighted by atomic mass is 10.00. The first-order valence-corrected chi connectivity index (χ1v) is 15.3. The summed E-state index contributed by atoms with van der Waals surface area (Å²) in [6.07, 6.45) is 6.85. The van der Waals surface area contributed by atoms with E-state index in [1.165, 1.54) is 33.8 Å². The quantitative estimate of drug-likeness (QED) is 0.262. The van der Waals surface area contributed by atoms with Crippen LogP contribution >= 0.6 is 11.3 Å². The number of ether oxygens (including phenoxy) is 2. The second kappa shape index (κ2) is 12.2. The van der Waals surface area contributed by atoms with E-state index in [4.69, 9.17) is 15.2 Å². The third-order valence-corrected chi connectivity index (χ3v) is 9.65. The number of anilines is 3. The molecule has 1 aliphatic carbocycles. The van der Waals surface area contributed by atoms with E-state index in [9.17, 15) is 18.4 Å². The van der Waals surface area contributed by atoms with Gasteiger partial charge in [-0.15, -0.1) is 0 Å². The number of amides is 1. The molecule has 0 bridgehead atoms. The van der Waals surface area contributed by atoms with Crippen LogP contribution < -0.4 is 19.7 Å². The lowest BCUT2D eigenvalue weighted by Crippen LogP contribution is -2.49. The van der Waals surface area contributed by atoms with Crippen LogP contribution in [-0.4, -0.2) is 81.4 Å². The minimum absolute atomic E-state index is 0.138. The van der Waals surface area contributed by atoms with Gasteiger partial charge in [-0.05, 0) is 61.3 Å². The molecule has 1 saturated carbocycles. The van der Waals surface area contributed by atoms with E-state index in [2.05, 4.69) is 9.97 Å². The van der Waals surface area contributed by atoms with E-state index in [1.54, 1.807) is 17.2 Å². The molecule has 0 spiro atoms. The summed E-state index contributed by atoms with van der Waals surface area (Å²) in [6, 6.07) is 3.59. The highest BCUT2D eigenvalue weighted by Crippen LogP contribution is 2.36. The smallest absolute Gasteiger partial charge is 0.329 e. The molecule has 3 atom stereocenters. The highest BCUT2D eigenvalue weighted by molar-refractivity contribution is 7.81. The number of esters is 1. The number of benzene rings is 1. The van der Waals surface area contributed by atoms with Crippen LogP contribution in [0.3, 0.4) is 0 Å². The average molecular weight is 603 g/mol. The molecule has 0 radical (unpaired) electrons. The van der Waals surface area contributed by atoms with Crippen LogP contribution in [0.1, 0.15) is 37.7 Å². The van der Waals surface area contributed by atoms with Crippen LogP contribution in [0.2, 0.25) is 0 Å². The number of methoxy groups -OCH3 is 1. The number of carbonyl (C=O) groups excluding carboxylic acids is 2. The Morgan fingerprint density at radius 3 is 2.68 bits per heavy atom. The average Bonchev–Trinajstić information content (AvgIpc) is 3.70. The maximum atomic E-state index is 13.9. The van der Waals surface area contributed by atoms with Crippen molar-refractivity contribution in [2.75, 3.05) is 42.7 Å². The highest BCUT2D eigenvalue weighted by atomic mass is 32.2. The molecule has 41 heavy (non-hydrogen) atoms. The van der Waals surface area contributed by atoms with E-state index in [0.717, 1.165) is 36.5 Å². The minimum Gasteiger partial charge on any atom is -0.496 e. The molecule has 3 aromatic rings. The van der Waals surface area contributed by atoms with Crippen molar-refractivity contribution < 1.29 is 27.8 Å². The van der Waals surface area contributed by atoms with Crippen LogP contribution in [0.15, 0.2) is 30.6 Å². The number of thiazole rings is 1. The Bertz CT molecular complexity index is 1460. The molecule has 3 N–H and O–H groups in total. The van der Waals surface area contributed by atoms with Crippen molar-refractivity contribution in [2.45, 2.75) is 56.7 Å². The molecule has 12 nitrogen and oxygen atoms in total. The first-order chi connectivity index (χ1) is 19.7. The standard InChI is InChI=1S/C27H34N6O6S2/c1-31(2)27-30-15-23(40-27)33(41(36)37)20-9-11-32(25(20)34)21(26(35)39-18-6-4-5-7-18)13-17-12-16-8-10-29-24(28)19(16)14-22(17)38-3/h8,10,12,14-15,18,20-21H,4-7,9,11,13H2,1-3H3,(H2,28,29)(H,36,37)/t20-,21+/m0/s1. The van der Waals surface area contributed by atoms with Gasteiger partial charge < -0.3 is 25.0 Å². The number of likely N-dealkylation sites (tertiary alicyclic amines) is 1. The zero-order valence-corrected chi connectivity index (χ0v) is 24.8. The summed E-state index contributed by atoms with van der Waals surface area (Å²) in [5.41, 5.74) is 6.78. The lowest BCUT2D eigenvalue weighted by Gasteiger charge is -2.29. The summed E-state index contributed by atoms with van der Waals surface area (Å²) in [5, 5.41) is 2.57. The normalized spacial score (nSPS) is 19.0. The van der Waals surface area contributed by atoms with Crippen LogP contribution in [0.5, 0.6) is 5.75 Å². The van der Waals surface area contributed by atoms with Gasteiger partial charge in [0.25, 0.3) is 11.3 Å². The van der Waals surface area contributed by atoms with Gasteiger partial charge in [-0.2, -0.15) is 0 Å². The summed E-state index contributed by atoms with van der Waals surface area (Å²) in [7, 11) is 5.17. The van der Waals surface area contributed by atoms with Gasteiger partial charge >= 0.3 is 5.97 Å². The number of nitrogens with zero attached hydrogens (tertiary/aromatic N) is 5. The Morgan fingerprint density at radius 1 is 1.27 bits per heavy atom. The van der Waals surface area contributed by atoms with Gasteiger partial charge in [-0.1, -0.05) is 11.3 Å². The van der Waals surface area contributed by atoms with Crippen molar-refractivity contribution >= 4 is 61.2 Å². The van der Waals surface area contributed by atoms with Gasteiger partial charge in [0.15, 0.2) is 5.13 Å². The van der Waals surface area contributed by atoms with Crippen molar-refractivity contribution in [2.24, 2.45) is 0 Å². The van der Waals surface area contributed by atoms with Gasteiger partial charge in [0.2, 0.25) is 5.91 Å². The fourth-order valence-electron chi connectivity index (χ4n) is 5.52. The fraction of sp³-hybridized carbons (Fsp3) is 0.481. The minimum atomic E-state index is -2.48. The summed E-state index contributed by atoms with van der Waals surface area (Å²) < 4.78 is 35.4. The largest absolute Gasteiger partial charge is 0.496 e. The number of hydrogen-bond acceptors (Lipinski definition) is 10.